The highest BCUT2D eigenvalue weighted by Gasteiger charge is 2.43. The molecule has 0 saturated carbocycles. The number of nitrogens with zero attached hydrogens (tertiary/aromatic N) is 2. The van der Waals surface area contributed by atoms with E-state index in [0.29, 0.717) is 6.42 Å². The van der Waals surface area contributed by atoms with Crippen molar-refractivity contribution < 1.29 is 13.9 Å². The highest BCUT2D eigenvalue weighted by molar-refractivity contribution is 5.77. The van der Waals surface area contributed by atoms with Crippen LogP contribution in [0.5, 0.6) is 5.75 Å². The zero-order chi connectivity index (χ0) is 21.1. The lowest BCUT2D eigenvalue weighted by molar-refractivity contribution is -0.131. The Morgan fingerprint density at radius 1 is 1.13 bits per heavy atom. The first-order chi connectivity index (χ1) is 14.5. The molecule has 4 rings (SSSR count). The molecule has 1 atom stereocenters. The summed E-state index contributed by atoms with van der Waals surface area (Å²) in [6, 6.07) is 12.4. The number of carbonyl (C=O) groups is 1. The van der Waals surface area contributed by atoms with Gasteiger partial charge in [0.2, 0.25) is 5.91 Å². The van der Waals surface area contributed by atoms with Crippen LogP contribution in [-0.4, -0.2) is 47.5 Å². The first-order valence-electron chi connectivity index (χ1n) is 11.4. The minimum atomic E-state index is -0.169. The van der Waals surface area contributed by atoms with Crippen LogP contribution >= 0.6 is 0 Å². The fourth-order valence-electron chi connectivity index (χ4n) is 5.06. The largest absolute Gasteiger partial charge is 0.487 e. The molecule has 0 radical (unpaired) electrons. The predicted molar refractivity (Wildman–Crippen MR) is 118 cm³/mol. The van der Waals surface area contributed by atoms with Crippen LogP contribution in [0.3, 0.4) is 0 Å². The second-order valence-corrected chi connectivity index (χ2v) is 8.78. The van der Waals surface area contributed by atoms with Gasteiger partial charge in [-0.2, -0.15) is 0 Å². The van der Waals surface area contributed by atoms with E-state index in [4.69, 9.17) is 9.15 Å². The van der Waals surface area contributed by atoms with Gasteiger partial charge in [-0.05, 0) is 63.8 Å². The Morgan fingerprint density at radius 3 is 2.53 bits per heavy atom. The summed E-state index contributed by atoms with van der Waals surface area (Å²) in [6.07, 6.45) is 3.46. The smallest absolute Gasteiger partial charge is 0.223 e. The molecule has 0 aliphatic carbocycles. The van der Waals surface area contributed by atoms with Crippen molar-refractivity contribution in [1.82, 2.24) is 9.80 Å². The topological polar surface area (TPSA) is 45.9 Å². The number of para-hydroxylation sites is 1. The van der Waals surface area contributed by atoms with Gasteiger partial charge < -0.3 is 14.1 Å². The van der Waals surface area contributed by atoms with Crippen molar-refractivity contribution >= 4 is 5.91 Å². The van der Waals surface area contributed by atoms with Crippen LogP contribution in [0.4, 0.5) is 0 Å². The maximum Gasteiger partial charge on any atom is 0.223 e. The van der Waals surface area contributed by atoms with Gasteiger partial charge >= 0.3 is 0 Å². The van der Waals surface area contributed by atoms with Gasteiger partial charge in [-0.1, -0.05) is 18.2 Å². The summed E-state index contributed by atoms with van der Waals surface area (Å²) >= 11 is 0. The molecule has 30 heavy (non-hydrogen) atoms. The number of fused-ring (bicyclic) bond motifs is 1. The lowest BCUT2D eigenvalue weighted by Gasteiger charge is -2.47. The van der Waals surface area contributed by atoms with Gasteiger partial charge in [0, 0.05) is 38.5 Å². The number of ether oxygens (including phenoxy) is 1. The highest BCUT2D eigenvalue weighted by atomic mass is 16.5. The Bertz CT molecular complexity index is 863. The second kappa shape index (κ2) is 8.84. The Labute approximate surface area is 180 Å². The normalized spacial score (nSPS) is 20.6. The Hall–Kier alpha value is -2.27. The molecule has 2 aliphatic rings. The van der Waals surface area contributed by atoms with E-state index in [0.717, 1.165) is 69.3 Å². The molecule has 2 aromatic rings. The molecule has 162 valence electrons. The van der Waals surface area contributed by atoms with Crippen molar-refractivity contribution in [2.45, 2.75) is 64.5 Å². The first-order valence-corrected chi connectivity index (χ1v) is 11.4. The van der Waals surface area contributed by atoms with Crippen molar-refractivity contribution in [3.8, 4) is 5.75 Å². The molecule has 0 N–H and O–H groups in total. The van der Waals surface area contributed by atoms with E-state index >= 15 is 0 Å². The zero-order valence-electron chi connectivity index (χ0n) is 18.5. The van der Waals surface area contributed by atoms with Gasteiger partial charge in [0.1, 0.15) is 22.9 Å². The summed E-state index contributed by atoms with van der Waals surface area (Å²) in [5.41, 5.74) is 1.02. The Kier molecular flexibility index (Phi) is 6.19. The summed E-state index contributed by atoms with van der Waals surface area (Å²) in [4.78, 5) is 17.3. The fraction of sp³-hybridized carbons (Fsp3) is 0.560. The minimum Gasteiger partial charge on any atom is -0.487 e. The number of furan rings is 1. The summed E-state index contributed by atoms with van der Waals surface area (Å²) < 4.78 is 12.4. The predicted octanol–water partition coefficient (Wildman–Crippen LogP) is 4.75. The molecule has 0 unspecified atom stereocenters. The van der Waals surface area contributed by atoms with E-state index in [-0.39, 0.29) is 17.4 Å². The van der Waals surface area contributed by atoms with Crippen molar-refractivity contribution in [3.63, 3.8) is 0 Å². The van der Waals surface area contributed by atoms with E-state index < -0.39 is 0 Å². The monoisotopic (exact) mass is 410 g/mol. The molecule has 1 fully saturated rings. The van der Waals surface area contributed by atoms with Crippen LogP contribution in [0.25, 0.3) is 0 Å². The maximum absolute atomic E-state index is 12.9. The molecule has 0 bridgehead atoms. The number of hydrogen-bond acceptors (Lipinski definition) is 4. The number of amides is 1. The highest BCUT2D eigenvalue weighted by Crippen LogP contribution is 2.46. The number of likely N-dealkylation sites (tertiary alicyclic amines) is 1. The molecule has 1 amide bonds. The lowest BCUT2D eigenvalue weighted by atomic mass is 9.76. The van der Waals surface area contributed by atoms with Gasteiger partial charge in [-0.15, -0.1) is 0 Å². The third-order valence-electron chi connectivity index (χ3n) is 6.78. The summed E-state index contributed by atoms with van der Waals surface area (Å²) in [6.45, 7) is 10.5. The summed E-state index contributed by atoms with van der Waals surface area (Å²) in [7, 11) is 0. The van der Waals surface area contributed by atoms with E-state index in [1.807, 2.05) is 24.0 Å². The molecular weight excluding hydrogens is 376 g/mol. The number of aryl methyl sites for hydroxylation is 1. The quantitative estimate of drug-likeness (QED) is 0.690. The van der Waals surface area contributed by atoms with Gasteiger partial charge in [-0.3, -0.25) is 9.69 Å². The van der Waals surface area contributed by atoms with Crippen molar-refractivity contribution in [3.05, 3.63) is 53.5 Å². The Balaban J connectivity index is 1.46. The summed E-state index contributed by atoms with van der Waals surface area (Å²) in [5.74, 6) is 3.44. The number of rotatable bonds is 6. The van der Waals surface area contributed by atoms with E-state index in [9.17, 15) is 4.79 Å². The Morgan fingerprint density at radius 2 is 1.87 bits per heavy atom. The van der Waals surface area contributed by atoms with Gasteiger partial charge in [0.05, 0.1) is 6.54 Å². The van der Waals surface area contributed by atoms with Crippen LogP contribution in [-0.2, 0) is 11.3 Å². The van der Waals surface area contributed by atoms with Gasteiger partial charge in [0.15, 0.2) is 0 Å². The molecule has 1 spiro atoms. The molecule has 1 aromatic heterocycles. The second-order valence-electron chi connectivity index (χ2n) is 8.78. The standard InChI is InChI=1S/C25H34N2O3/c1-4-27(5-2)24(28)16-20-17-25(30-23-9-7-6-8-22(20)23)12-14-26(15-13-25)18-21-11-10-19(3)29-21/h6-11,20H,4-5,12-18H2,1-3H3/t20-/m1/s1. The van der Waals surface area contributed by atoms with Gasteiger partial charge in [-0.25, -0.2) is 0 Å². The minimum absolute atomic E-state index is 0.169. The van der Waals surface area contributed by atoms with Crippen molar-refractivity contribution in [2.24, 2.45) is 0 Å². The average molecular weight is 411 g/mol. The molecule has 3 heterocycles. The van der Waals surface area contributed by atoms with E-state index in [2.05, 4.69) is 43.0 Å². The fourth-order valence-corrected chi connectivity index (χ4v) is 5.06. The SMILES string of the molecule is CCN(CC)C(=O)C[C@@H]1CC2(CCN(Cc3ccc(C)o3)CC2)Oc2ccccc21. The van der Waals surface area contributed by atoms with Crippen LogP contribution in [0.2, 0.25) is 0 Å². The van der Waals surface area contributed by atoms with Crippen LogP contribution in [0.1, 0.15) is 62.5 Å². The molecule has 5 heteroatoms. The number of hydrogen-bond donors (Lipinski definition) is 0. The van der Waals surface area contributed by atoms with Gasteiger partial charge in [0.25, 0.3) is 0 Å². The third-order valence-corrected chi connectivity index (χ3v) is 6.78. The average Bonchev–Trinajstić information content (AvgIpc) is 3.15. The molecule has 1 aromatic carbocycles. The van der Waals surface area contributed by atoms with Crippen LogP contribution in [0.15, 0.2) is 40.8 Å². The van der Waals surface area contributed by atoms with Crippen molar-refractivity contribution in [1.29, 1.82) is 0 Å². The molecule has 2 aliphatic heterocycles. The first kappa shape index (κ1) is 21.0. The zero-order valence-corrected chi connectivity index (χ0v) is 18.5. The van der Waals surface area contributed by atoms with Crippen LogP contribution in [0, 0.1) is 6.92 Å². The van der Waals surface area contributed by atoms with Crippen LogP contribution < -0.4 is 4.74 Å². The maximum atomic E-state index is 12.9. The van der Waals surface area contributed by atoms with Crippen molar-refractivity contribution in [2.75, 3.05) is 26.2 Å². The van der Waals surface area contributed by atoms with E-state index in [1.54, 1.807) is 0 Å². The number of carbonyl (C=O) groups excluding carboxylic acids is 1. The molecular formula is C25H34N2O3. The number of benzene rings is 1. The number of piperidine rings is 1. The lowest BCUT2D eigenvalue weighted by Crippen LogP contribution is -2.50. The summed E-state index contributed by atoms with van der Waals surface area (Å²) in [5, 5.41) is 0. The molecule has 5 nitrogen and oxygen atoms in total. The van der Waals surface area contributed by atoms with E-state index in [1.165, 1.54) is 5.56 Å². The third kappa shape index (κ3) is 4.41. The molecule has 1 saturated heterocycles.